The van der Waals surface area contributed by atoms with Gasteiger partial charge in [-0.3, -0.25) is 14.5 Å². The highest BCUT2D eigenvalue weighted by atomic mass is 19.1. The molecule has 4 rings (SSSR count). The second-order valence-corrected chi connectivity index (χ2v) is 7.74. The first-order valence-electron chi connectivity index (χ1n) is 10.3. The topological polar surface area (TPSA) is 53.1 Å². The predicted octanol–water partition coefficient (Wildman–Crippen LogP) is 2.33. The Labute approximate surface area is 175 Å². The molecule has 2 saturated heterocycles. The van der Waals surface area contributed by atoms with E-state index in [1.807, 2.05) is 12.1 Å². The van der Waals surface area contributed by atoms with E-state index >= 15 is 0 Å². The largest absolute Gasteiger partial charge is 0.497 e. The van der Waals surface area contributed by atoms with Crippen molar-refractivity contribution in [3.8, 4) is 5.75 Å². The number of nitrogens with zero attached hydrogens (tertiary/aromatic N) is 3. The molecule has 0 saturated carbocycles. The number of methoxy groups -OCH3 is 1. The van der Waals surface area contributed by atoms with E-state index in [1.165, 1.54) is 34.7 Å². The van der Waals surface area contributed by atoms with Crippen LogP contribution in [-0.2, 0) is 16.0 Å². The van der Waals surface area contributed by atoms with E-state index in [0.29, 0.717) is 5.69 Å². The van der Waals surface area contributed by atoms with Gasteiger partial charge in [0.25, 0.3) is 5.91 Å². The number of halogens is 1. The Hall–Kier alpha value is -2.77. The fraction of sp³-hybridized carbons (Fsp3) is 0.391. The molecule has 2 aromatic rings. The van der Waals surface area contributed by atoms with Crippen molar-refractivity contribution in [2.24, 2.45) is 0 Å². The molecule has 30 heavy (non-hydrogen) atoms. The van der Waals surface area contributed by atoms with Crippen LogP contribution < -0.4 is 9.64 Å². The highest BCUT2D eigenvalue weighted by molar-refractivity contribution is 6.22. The third kappa shape index (κ3) is 4.37. The highest BCUT2D eigenvalue weighted by Gasteiger charge is 2.43. The van der Waals surface area contributed by atoms with E-state index in [2.05, 4.69) is 21.9 Å². The molecule has 0 radical (unpaired) electrons. The van der Waals surface area contributed by atoms with Crippen LogP contribution in [0.15, 0.2) is 48.5 Å². The summed E-state index contributed by atoms with van der Waals surface area (Å²) in [6.07, 6.45) is 1.14. The molecular formula is C23H26FN3O3. The van der Waals surface area contributed by atoms with Gasteiger partial charge in [0.05, 0.1) is 25.3 Å². The van der Waals surface area contributed by atoms with Gasteiger partial charge in [0.15, 0.2) is 0 Å². The van der Waals surface area contributed by atoms with Gasteiger partial charge in [-0.05, 0) is 48.4 Å². The lowest BCUT2D eigenvalue weighted by Gasteiger charge is -2.37. The Bertz CT molecular complexity index is 893. The molecule has 0 aromatic heterocycles. The van der Waals surface area contributed by atoms with E-state index in [1.54, 1.807) is 7.11 Å². The fourth-order valence-electron chi connectivity index (χ4n) is 4.14. The van der Waals surface area contributed by atoms with Crippen LogP contribution in [0, 0.1) is 5.82 Å². The smallest absolute Gasteiger partial charge is 0.251 e. The quantitative estimate of drug-likeness (QED) is 0.683. The van der Waals surface area contributed by atoms with Crippen molar-refractivity contribution in [2.75, 3.05) is 44.7 Å². The number of hydrogen-bond acceptors (Lipinski definition) is 5. The second kappa shape index (κ2) is 8.93. The third-order valence-electron chi connectivity index (χ3n) is 5.93. The number of benzene rings is 2. The van der Waals surface area contributed by atoms with Crippen molar-refractivity contribution in [1.29, 1.82) is 0 Å². The molecule has 0 spiro atoms. The van der Waals surface area contributed by atoms with Crippen molar-refractivity contribution < 1.29 is 18.7 Å². The summed E-state index contributed by atoms with van der Waals surface area (Å²) in [5.41, 5.74) is 1.71. The van der Waals surface area contributed by atoms with Crippen molar-refractivity contribution in [3.63, 3.8) is 0 Å². The molecule has 0 unspecified atom stereocenters. The maximum absolute atomic E-state index is 13.2. The van der Waals surface area contributed by atoms with Gasteiger partial charge in [0, 0.05) is 32.7 Å². The first kappa shape index (κ1) is 20.5. The summed E-state index contributed by atoms with van der Waals surface area (Å²) in [6, 6.07) is 13.2. The molecule has 2 aromatic carbocycles. The standard InChI is InChI=1S/C23H26FN3O3/c1-30-20-8-2-17(3-9-20)10-11-25-12-14-26(15-13-25)21-16-22(28)27(23(21)29)19-6-4-18(24)5-7-19/h2-9,21H,10-16H2,1H3/t21-/m0/s1. The molecule has 2 amide bonds. The Morgan fingerprint density at radius 3 is 2.27 bits per heavy atom. The molecule has 0 N–H and O–H groups in total. The average Bonchev–Trinajstić information content (AvgIpc) is 3.07. The minimum atomic E-state index is -0.425. The fourth-order valence-corrected chi connectivity index (χ4v) is 4.14. The number of carbonyl (C=O) groups excluding carboxylic acids is 2. The number of rotatable bonds is 6. The zero-order valence-electron chi connectivity index (χ0n) is 17.1. The minimum absolute atomic E-state index is 0.183. The SMILES string of the molecule is COc1ccc(CCN2CCN([C@H]3CC(=O)N(c4ccc(F)cc4)C3=O)CC2)cc1. The number of amides is 2. The van der Waals surface area contributed by atoms with Gasteiger partial charge < -0.3 is 9.64 Å². The molecule has 6 nitrogen and oxygen atoms in total. The van der Waals surface area contributed by atoms with Gasteiger partial charge in [0.1, 0.15) is 11.6 Å². The van der Waals surface area contributed by atoms with Crippen LogP contribution >= 0.6 is 0 Å². The number of hydrogen-bond donors (Lipinski definition) is 0. The maximum Gasteiger partial charge on any atom is 0.251 e. The maximum atomic E-state index is 13.2. The van der Waals surface area contributed by atoms with Crippen LogP contribution in [-0.4, -0.2) is 67.5 Å². The Morgan fingerprint density at radius 2 is 1.63 bits per heavy atom. The number of carbonyl (C=O) groups is 2. The van der Waals surface area contributed by atoms with E-state index < -0.39 is 6.04 Å². The molecule has 0 aliphatic carbocycles. The minimum Gasteiger partial charge on any atom is -0.497 e. The van der Waals surface area contributed by atoms with Gasteiger partial charge in [-0.1, -0.05) is 12.1 Å². The number of imide groups is 1. The van der Waals surface area contributed by atoms with Gasteiger partial charge in [0.2, 0.25) is 5.91 Å². The van der Waals surface area contributed by atoms with Gasteiger partial charge in [-0.15, -0.1) is 0 Å². The third-order valence-corrected chi connectivity index (χ3v) is 5.93. The lowest BCUT2D eigenvalue weighted by molar-refractivity contribution is -0.123. The predicted molar refractivity (Wildman–Crippen MR) is 112 cm³/mol. The van der Waals surface area contributed by atoms with Crippen LogP contribution in [0.25, 0.3) is 0 Å². The number of piperazine rings is 1. The van der Waals surface area contributed by atoms with E-state index in [9.17, 15) is 14.0 Å². The molecule has 2 aliphatic heterocycles. The van der Waals surface area contributed by atoms with Crippen LogP contribution in [0.4, 0.5) is 10.1 Å². The molecule has 158 valence electrons. The lowest BCUT2D eigenvalue weighted by Crippen LogP contribution is -2.52. The zero-order chi connectivity index (χ0) is 21.1. The summed E-state index contributed by atoms with van der Waals surface area (Å²) >= 11 is 0. The highest BCUT2D eigenvalue weighted by Crippen LogP contribution is 2.26. The summed E-state index contributed by atoms with van der Waals surface area (Å²) < 4.78 is 18.4. The molecule has 2 heterocycles. The number of ether oxygens (including phenoxy) is 1. The molecule has 7 heteroatoms. The molecular weight excluding hydrogens is 385 g/mol. The van der Waals surface area contributed by atoms with Crippen molar-refractivity contribution in [1.82, 2.24) is 9.80 Å². The molecule has 2 aliphatic rings. The lowest BCUT2D eigenvalue weighted by atomic mass is 10.1. The normalized spacial score (nSPS) is 20.7. The van der Waals surface area contributed by atoms with Crippen LogP contribution in [0.5, 0.6) is 5.75 Å². The van der Waals surface area contributed by atoms with Crippen LogP contribution in [0.3, 0.4) is 0 Å². The second-order valence-electron chi connectivity index (χ2n) is 7.74. The van der Waals surface area contributed by atoms with E-state index in [0.717, 1.165) is 44.9 Å². The summed E-state index contributed by atoms with van der Waals surface area (Å²) in [6.45, 7) is 4.20. The Morgan fingerprint density at radius 1 is 0.967 bits per heavy atom. The number of anilines is 1. The Kier molecular flexibility index (Phi) is 6.11. The molecule has 2 fully saturated rings. The zero-order valence-corrected chi connectivity index (χ0v) is 17.1. The van der Waals surface area contributed by atoms with Gasteiger partial charge >= 0.3 is 0 Å². The summed E-state index contributed by atoms with van der Waals surface area (Å²) in [5, 5.41) is 0. The van der Waals surface area contributed by atoms with E-state index in [4.69, 9.17) is 4.74 Å². The Balaban J connectivity index is 1.30. The molecule has 0 bridgehead atoms. The van der Waals surface area contributed by atoms with E-state index in [-0.39, 0.29) is 24.1 Å². The van der Waals surface area contributed by atoms with Gasteiger partial charge in [-0.25, -0.2) is 9.29 Å². The first-order valence-corrected chi connectivity index (χ1v) is 10.3. The van der Waals surface area contributed by atoms with Crippen LogP contribution in [0.2, 0.25) is 0 Å². The van der Waals surface area contributed by atoms with Crippen LogP contribution in [0.1, 0.15) is 12.0 Å². The first-order chi connectivity index (χ1) is 14.5. The van der Waals surface area contributed by atoms with Gasteiger partial charge in [-0.2, -0.15) is 0 Å². The summed E-state index contributed by atoms with van der Waals surface area (Å²) in [5.74, 6) is 0.0369. The summed E-state index contributed by atoms with van der Waals surface area (Å²) in [4.78, 5) is 31.0. The van der Waals surface area contributed by atoms with Crippen molar-refractivity contribution >= 4 is 17.5 Å². The monoisotopic (exact) mass is 411 g/mol. The molecule has 1 atom stereocenters. The average molecular weight is 411 g/mol. The van der Waals surface area contributed by atoms with Crippen molar-refractivity contribution in [2.45, 2.75) is 18.9 Å². The summed E-state index contributed by atoms with van der Waals surface area (Å²) in [7, 11) is 1.66. The van der Waals surface area contributed by atoms with Crippen molar-refractivity contribution in [3.05, 3.63) is 59.9 Å².